The maximum absolute atomic E-state index is 12.9. The van der Waals surface area contributed by atoms with Crippen LogP contribution in [0.25, 0.3) is 0 Å². The van der Waals surface area contributed by atoms with E-state index in [1.54, 1.807) is 6.20 Å². The maximum atomic E-state index is 12.9. The maximum Gasteiger partial charge on any atom is 0.257 e. The molecule has 2 aromatic rings. The second-order valence-corrected chi connectivity index (χ2v) is 6.12. The standard InChI is InChI=1S/C17H23N5O2/c1-4-14-13(9-18-11(3)19-14)17(23)22-8-6-7-12(10-22)16-20-15(5-2)24-21-16/h9,12H,4-8,10H2,1-3H3/t12-/m0/s1. The fourth-order valence-electron chi connectivity index (χ4n) is 3.09. The Kier molecular flexibility index (Phi) is 4.87. The lowest BCUT2D eigenvalue weighted by Gasteiger charge is -2.31. The summed E-state index contributed by atoms with van der Waals surface area (Å²) < 4.78 is 5.21. The summed E-state index contributed by atoms with van der Waals surface area (Å²) in [6.45, 7) is 7.18. The molecule has 7 heteroatoms. The number of carbonyl (C=O) groups is 1. The fraction of sp³-hybridized carbons (Fsp3) is 0.588. The van der Waals surface area contributed by atoms with Crippen molar-refractivity contribution >= 4 is 5.91 Å². The van der Waals surface area contributed by atoms with E-state index >= 15 is 0 Å². The number of nitrogens with zero attached hydrogens (tertiary/aromatic N) is 5. The van der Waals surface area contributed by atoms with Gasteiger partial charge in [0.1, 0.15) is 5.82 Å². The largest absolute Gasteiger partial charge is 0.339 e. The van der Waals surface area contributed by atoms with Gasteiger partial charge in [-0.2, -0.15) is 4.98 Å². The van der Waals surface area contributed by atoms with Crippen LogP contribution in [0.15, 0.2) is 10.7 Å². The summed E-state index contributed by atoms with van der Waals surface area (Å²) in [5.74, 6) is 2.17. The van der Waals surface area contributed by atoms with Crippen molar-refractivity contribution in [1.82, 2.24) is 25.0 Å². The lowest BCUT2D eigenvalue weighted by atomic mass is 9.96. The Bertz CT molecular complexity index is 728. The minimum absolute atomic E-state index is 0.00393. The molecule has 1 saturated heterocycles. The molecule has 0 unspecified atom stereocenters. The molecule has 1 atom stereocenters. The Morgan fingerprint density at radius 1 is 1.33 bits per heavy atom. The van der Waals surface area contributed by atoms with Crippen LogP contribution >= 0.6 is 0 Å². The molecular weight excluding hydrogens is 306 g/mol. The summed E-state index contributed by atoms with van der Waals surface area (Å²) in [6.07, 6.45) is 4.99. The molecule has 0 spiro atoms. The van der Waals surface area contributed by atoms with Crippen molar-refractivity contribution < 1.29 is 9.32 Å². The van der Waals surface area contributed by atoms with E-state index in [1.165, 1.54) is 0 Å². The monoisotopic (exact) mass is 329 g/mol. The van der Waals surface area contributed by atoms with Crippen molar-refractivity contribution in [1.29, 1.82) is 0 Å². The van der Waals surface area contributed by atoms with Crippen LogP contribution in [-0.2, 0) is 12.8 Å². The van der Waals surface area contributed by atoms with Crippen LogP contribution in [0.5, 0.6) is 0 Å². The van der Waals surface area contributed by atoms with Crippen molar-refractivity contribution in [3.05, 3.63) is 35.0 Å². The normalized spacial score (nSPS) is 18.0. The predicted molar refractivity (Wildman–Crippen MR) is 87.7 cm³/mol. The topological polar surface area (TPSA) is 85.0 Å². The highest BCUT2D eigenvalue weighted by atomic mass is 16.5. The summed E-state index contributed by atoms with van der Waals surface area (Å²) in [4.78, 5) is 27.8. The van der Waals surface area contributed by atoms with Crippen molar-refractivity contribution in [2.75, 3.05) is 13.1 Å². The number of rotatable bonds is 4. The number of aryl methyl sites for hydroxylation is 3. The van der Waals surface area contributed by atoms with Gasteiger partial charge in [-0.15, -0.1) is 0 Å². The van der Waals surface area contributed by atoms with Crippen molar-refractivity contribution in [3.63, 3.8) is 0 Å². The van der Waals surface area contributed by atoms with Gasteiger partial charge in [-0.05, 0) is 26.2 Å². The van der Waals surface area contributed by atoms with Crippen LogP contribution in [-0.4, -0.2) is 44.0 Å². The predicted octanol–water partition coefficient (Wildman–Crippen LogP) is 2.31. The van der Waals surface area contributed by atoms with Crippen LogP contribution < -0.4 is 0 Å². The van der Waals surface area contributed by atoms with Crippen molar-refractivity contribution in [2.45, 2.75) is 52.4 Å². The molecule has 0 N–H and O–H groups in total. The average Bonchev–Trinajstić information content (AvgIpc) is 3.10. The second kappa shape index (κ2) is 7.07. The number of carbonyl (C=O) groups excluding carboxylic acids is 1. The van der Waals surface area contributed by atoms with Crippen molar-refractivity contribution in [2.24, 2.45) is 0 Å². The van der Waals surface area contributed by atoms with E-state index in [9.17, 15) is 4.79 Å². The zero-order chi connectivity index (χ0) is 17.1. The van der Waals surface area contributed by atoms with Gasteiger partial charge in [-0.1, -0.05) is 19.0 Å². The molecular formula is C17H23N5O2. The Hall–Kier alpha value is -2.31. The lowest BCUT2D eigenvalue weighted by molar-refractivity contribution is 0.0701. The number of aromatic nitrogens is 4. The Morgan fingerprint density at radius 2 is 2.17 bits per heavy atom. The molecule has 0 bridgehead atoms. The van der Waals surface area contributed by atoms with Gasteiger partial charge in [0.15, 0.2) is 5.82 Å². The van der Waals surface area contributed by atoms with Gasteiger partial charge < -0.3 is 9.42 Å². The summed E-state index contributed by atoms with van der Waals surface area (Å²) >= 11 is 0. The van der Waals surface area contributed by atoms with E-state index in [-0.39, 0.29) is 11.8 Å². The van der Waals surface area contributed by atoms with Crippen LogP contribution in [0.4, 0.5) is 0 Å². The highest BCUT2D eigenvalue weighted by Gasteiger charge is 2.29. The molecule has 3 rings (SSSR count). The first-order chi connectivity index (χ1) is 11.6. The van der Waals surface area contributed by atoms with E-state index in [2.05, 4.69) is 20.1 Å². The Labute approximate surface area is 141 Å². The van der Waals surface area contributed by atoms with Gasteiger partial charge in [0.2, 0.25) is 5.89 Å². The molecule has 1 fully saturated rings. The number of likely N-dealkylation sites (tertiary alicyclic amines) is 1. The SMILES string of the molecule is CCc1nc([C@H]2CCCN(C(=O)c3cnc(C)nc3CC)C2)no1. The lowest BCUT2D eigenvalue weighted by Crippen LogP contribution is -2.40. The number of hydrogen-bond donors (Lipinski definition) is 0. The third-order valence-corrected chi connectivity index (χ3v) is 4.41. The number of amides is 1. The summed E-state index contributed by atoms with van der Waals surface area (Å²) in [6, 6.07) is 0. The molecule has 2 aromatic heterocycles. The van der Waals surface area contributed by atoms with Gasteiger partial charge in [-0.3, -0.25) is 4.79 Å². The smallest absolute Gasteiger partial charge is 0.257 e. The highest BCUT2D eigenvalue weighted by molar-refractivity contribution is 5.95. The Morgan fingerprint density at radius 3 is 2.88 bits per heavy atom. The third-order valence-electron chi connectivity index (χ3n) is 4.41. The molecule has 0 aromatic carbocycles. The van der Waals surface area contributed by atoms with Gasteiger partial charge in [0.25, 0.3) is 5.91 Å². The van der Waals surface area contributed by atoms with E-state index in [0.29, 0.717) is 36.1 Å². The molecule has 1 aliphatic heterocycles. The van der Waals surface area contributed by atoms with Crippen LogP contribution in [0.1, 0.15) is 66.2 Å². The molecule has 1 aliphatic rings. The van der Waals surface area contributed by atoms with Gasteiger partial charge >= 0.3 is 0 Å². The van der Waals surface area contributed by atoms with Crippen LogP contribution in [0.2, 0.25) is 0 Å². The van der Waals surface area contributed by atoms with Gasteiger partial charge in [0, 0.05) is 31.6 Å². The quantitative estimate of drug-likeness (QED) is 0.856. The van der Waals surface area contributed by atoms with E-state index < -0.39 is 0 Å². The first kappa shape index (κ1) is 16.5. The minimum Gasteiger partial charge on any atom is -0.339 e. The number of piperidine rings is 1. The molecule has 24 heavy (non-hydrogen) atoms. The molecule has 0 saturated carbocycles. The van der Waals surface area contributed by atoms with E-state index in [4.69, 9.17) is 4.52 Å². The summed E-state index contributed by atoms with van der Waals surface area (Å²) in [5.41, 5.74) is 1.41. The summed E-state index contributed by atoms with van der Waals surface area (Å²) in [5, 5.41) is 4.07. The molecule has 7 nitrogen and oxygen atoms in total. The van der Waals surface area contributed by atoms with Crippen molar-refractivity contribution in [3.8, 4) is 0 Å². The van der Waals surface area contributed by atoms with Crippen LogP contribution in [0.3, 0.4) is 0 Å². The third kappa shape index (κ3) is 3.29. The van der Waals surface area contributed by atoms with E-state index in [0.717, 1.165) is 31.5 Å². The minimum atomic E-state index is -0.00393. The summed E-state index contributed by atoms with van der Waals surface area (Å²) in [7, 11) is 0. The van der Waals surface area contributed by atoms with E-state index in [1.807, 2.05) is 25.7 Å². The first-order valence-electron chi connectivity index (χ1n) is 8.56. The fourth-order valence-corrected chi connectivity index (χ4v) is 3.09. The molecule has 0 aliphatic carbocycles. The first-order valence-corrected chi connectivity index (χ1v) is 8.56. The zero-order valence-electron chi connectivity index (χ0n) is 14.4. The second-order valence-electron chi connectivity index (χ2n) is 6.12. The Balaban J connectivity index is 1.78. The average molecular weight is 329 g/mol. The highest BCUT2D eigenvalue weighted by Crippen LogP contribution is 2.26. The van der Waals surface area contributed by atoms with Gasteiger partial charge in [0.05, 0.1) is 11.3 Å². The molecule has 1 amide bonds. The molecule has 128 valence electrons. The number of hydrogen-bond acceptors (Lipinski definition) is 6. The molecule has 0 radical (unpaired) electrons. The molecule has 3 heterocycles. The van der Waals surface area contributed by atoms with Crippen LogP contribution in [0, 0.1) is 6.92 Å². The zero-order valence-corrected chi connectivity index (χ0v) is 14.4. The van der Waals surface area contributed by atoms with Gasteiger partial charge in [-0.25, -0.2) is 9.97 Å².